The third-order valence-electron chi connectivity index (χ3n) is 10.5. The second kappa shape index (κ2) is 12.6. The number of halogens is 6. The molecule has 0 unspecified atom stereocenters. The van der Waals surface area contributed by atoms with E-state index in [2.05, 4.69) is 27.4 Å². The Balaban J connectivity index is 1.93. The molecule has 0 saturated heterocycles. The Kier molecular flexibility index (Phi) is 10.5. The molecule has 10 heteroatoms. The number of hydrogen-bond donors (Lipinski definition) is 4. The molecule has 4 nitrogen and oxygen atoms in total. The van der Waals surface area contributed by atoms with Crippen molar-refractivity contribution in [1.82, 2.24) is 0 Å². The fraction of sp³-hybridized carbons (Fsp3) is 0.758. The summed E-state index contributed by atoms with van der Waals surface area (Å²) in [5, 5.41) is 40.3. The molecule has 0 spiro atoms. The second-order valence-electron chi connectivity index (χ2n) is 14.1. The van der Waals surface area contributed by atoms with Crippen LogP contribution in [0.4, 0.5) is 26.3 Å². The predicted molar refractivity (Wildman–Crippen MR) is 154 cm³/mol. The van der Waals surface area contributed by atoms with Crippen LogP contribution in [0.2, 0.25) is 0 Å². The van der Waals surface area contributed by atoms with E-state index in [-0.39, 0.29) is 48.2 Å². The van der Waals surface area contributed by atoms with Crippen LogP contribution in [0.5, 0.6) is 0 Å². The fourth-order valence-electron chi connectivity index (χ4n) is 8.10. The maximum Gasteiger partial charge on any atom is 0.429 e. The molecule has 3 rings (SSSR count). The highest BCUT2D eigenvalue weighted by molar-refractivity contribution is 5.40. The molecular formula is C33H48F6O4. The molecule has 4 N–H and O–H groups in total. The summed E-state index contributed by atoms with van der Waals surface area (Å²) in [4.78, 5) is 0. The quantitative estimate of drug-likeness (QED) is 0.119. The lowest BCUT2D eigenvalue weighted by Crippen LogP contribution is -2.55. The van der Waals surface area contributed by atoms with Crippen LogP contribution in [0.25, 0.3) is 0 Å². The molecule has 5 atom stereocenters. The van der Waals surface area contributed by atoms with Crippen LogP contribution in [0, 0.1) is 28.6 Å². The van der Waals surface area contributed by atoms with E-state index >= 15 is 0 Å². The Hall–Kier alpha value is -1.62. The van der Waals surface area contributed by atoms with Crippen molar-refractivity contribution in [3.8, 4) is 0 Å². The van der Waals surface area contributed by atoms with Crippen LogP contribution in [0.15, 0.2) is 47.6 Å². The number of fused-ring (bicyclic) bond motifs is 1. The van der Waals surface area contributed by atoms with E-state index in [9.17, 15) is 46.8 Å². The molecule has 43 heavy (non-hydrogen) atoms. The van der Waals surface area contributed by atoms with Crippen LogP contribution >= 0.6 is 0 Å². The molecule has 0 aromatic heterocycles. The van der Waals surface area contributed by atoms with Gasteiger partial charge in [0.15, 0.2) is 5.79 Å². The first kappa shape index (κ1) is 35.9. The molecule has 0 bridgehead atoms. The van der Waals surface area contributed by atoms with Gasteiger partial charge in [-0.2, -0.15) is 26.3 Å². The summed E-state index contributed by atoms with van der Waals surface area (Å²) >= 11 is 0. The van der Waals surface area contributed by atoms with Crippen molar-refractivity contribution in [2.75, 3.05) is 0 Å². The van der Waals surface area contributed by atoms with Crippen LogP contribution in [0.3, 0.4) is 0 Å². The van der Waals surface area contributed by atoms with Gasteiger partial charge in [-0.3, -0.25) is 0 Å². The Bertz CT molecular complexity index is 1090. The molecule has 0 aromatic rings. The van der Waals surface area contributed by atoms with Gasteiger partial charge in [0, 0.05) is 12.0 Å². The Morgan fingerprint density at radius 2 is 1.67 bits per heavy atom. The summed E-state index contributed by atoms with van der Waals surface area (Å²) in [6.45, 7) is 12.1. The van der Waals surface area contributed by atoms with Gasteiger partial charge in [-0.25, -0.2) is 0 Å². The summed E-state index contributed by atoms with van der Waals surface area (Å²) in [6, 6.07) is 0. The zero-order chi connectivity index (χ0) is 32.6. The lowest BCUT2D eigenvalue weighted by atomic mass is 9.55. The first-order chi connectivity index (χ1) is 19.6. The Morgan fingerprint density at radius 3 is 2.26 bits per heavy atom. The number of aliphatic hydroxyl groups excluding tert-OH is 1. The van der Waals surface area contributed by atoms with E-state index < -0.39 is 35.3 Å². The van der Waals surface area contributed by atoms with Gasteiger partial charge in [0.25, 0.3) is 5.60 Å². The third kappa shape index (κ3) is 7.45. The van der Waals surface area contributed by atoms with E-state index in [0.717, 1.165) is 51.0 Å². The van der Waals surface area contributed by atoms with Crippen LogP contribution in [-0.4, -0.2) is 50.3 Å². The molecule has 0 aliphatic heterocycles. The van der Waals surface area contributed by atoms with Crippen molar-refractivity contribution >= 4 is 0 Å². The van der Waals surface area contributed by atoms with Gasteiger partial charge in [-0.15, -0.1) is 0 Å². The van der Waals surface area contributed by atoms with Gasteiger partial charge in [0.05, 0.1) is 6.10 Å². The summed E-state index contributed by atoms with van der Waals surface area (Å²) in [6.07, 6.45) is -1.72. The van der Waals surface area contributed by atoms with Crippen LogP contribution < -0.4 is 0 Å². The summed E-state index contributed by atoms with van der Waals surface area (Å²) in [5.41, 5.74) is -3.87. The number of allylic oxidation sites excluding steroid dienone is 4. The maximum absolute atomic E-state index is 13.4. The Morgan fingerprint density at radius 1 is 1.05 bits per heavy atom. The predicted octanol–water partition coefficient (Wildman–Crippen LogP) is 8.08. The average Bonchev–Trinajstić information content (AvgIpc) is 3.21. The number of hydrogen-bond acceptors (Lipinski definition) is 4. The van der Waals surface area contributed by atoms with Crippen LogP contribution in [0.1, 0.15) is 98.3 Å². The molecule has 246 valence electrons. The van der Waals surface area contributed by atoms with E-state index in [1.165, 1.54) is 5.57 Å². The minimum Gasteiger partial charge on any atom is -0.393 e. The van der Waals surface area contributed by atoms with Crippen molar-refractivity contribution in [3.63, 3.8) is 0 Å². The lowest BCUT2D eigenvalue weighted by Gasteiger charge is -2.49. The normalized spacial score (nSPS) is 32.2. The number of rotatable bonds is 9. The first-order valence-electron chi connectivity index (χ1n) is 15.3. The largest absolute Gasteiger partial charge is 0.429 e. The van der Waals surface area contributed by atoms with Crippen molar-refractivity contribution in [2.45, 2.75) is 128 Å². The van der Waals surface area contributed by atoms with Gasteiger partial charge < -0.3 is 20.4 Å². The molecule has 0 heterocycles. The van der Waals surface area contributed by atoms with E-state index in [1.54, 1.807) is 6.08 Å². The molecule has 3 fully saturated rings. The highest BCUT2D eigenvalue weighted by Gasteiger charge is 2.69. The smallest absolute Gasteiger partial charge is 0.393 e. The topological polar surface area (TPSA) is 80.9 Å². The van der Waals surface area contributed by atoms with E-state index in [0.29, 0.717) is 17.9 Å². The fourth-order valence-corrected chi connectivity index (χ4v) is 8.10. The molecular weight excluding hydrogens is 574 g/mol. The standard InChI is InChI=1S/C33H48F6O4/c1-21(2)9-6-15-28(4,16-8-18-31(43,32(34,35)36)33(37,38)39)27-14-13-26-23(10-7-17-29(26,27)5)11-12-24-19-25(40)20-30(41,42)22(24)3/h8,11-12,18,21,25-27,40-43H,3,6-7,9-10,13-17,19-20H2,1-2,4-5H3/b18-8+,23-11+,24-12-/t25-,26+,27-,28-,29+/m1/s1. The molecule has 0 amide bonds. The molecule has 0 radical (unpaired) electrons. The molecule has 3 saturated carbocycles. The van der Waals surface area contributed by atoms with Crippen LogP contribution in [-0.2, 0) is 0 Å². The molecule has 3 aliphatic carbocycles. The summed E-state index contributed by atoms with van der Waals surface area (Å²) in [5.74, 6) is -1.61. The maximum atomic E-state index is 13.4. The highest BCUT2D eigenvalue weighted by Crippen LogP contribution is 2.64. The number of alkyl halides is 6. The van der Waals surface area contributed by atoms with Gasteiger partial charge in [0.2, 0.25) is 0 Å². The number of aliphatic hydroxyl groups is 4. The van der Waals surface area contributed by atoms with E-state index in [4.69, 9.17) is 0 Å². The zero-order valence-corrected chi connectivity index (χ0v) is 25.7. The Labute approximate surface area is 251 Å². The van der Waals surface area contributed by atoms with Gasteiger partial charge in [-0.05, 0) is 91.6 Å². The third-order valence-corrected chi connectivity index (χ3v) is 10.5. The first-order valence-corrected chi connectivity index (χ1v) is 15.3. The van der Waals surface area contributed by atoms with Gasteiger partial charge >= 0.3 is 12.4 Å². The van der Waals surface area contributed by atoms with Gasteiger partial charge in [0.1, 0.15) is 0 Å². The second-order valence-corrected chi connectivity index (χ2v) is 14.1. The molecule has 3 aliphatic rings. The summed E-state index contributed by atoms with van der Waals surface area (Å²) in [7, 11) is 0. The minimum absolute atomic E-state index is 0.0250. The summed E-state index contributed by atoms with van der Waals surface area (Å²) < 4.78 is 80.1. The van der Waals surface area contributed by atoms with Gasteiger partial charge in [-0.1, -0.05) is 70.9 Å². The zero-order valence-electron chi connectivity index (χ0n) is 25.7. The lowest BCUT2D eigenvalue weighted by molar-refractivity contribution is -0.347. The van der Waals surface area contributed by atoms with Crippen molar-refractivity contribution in [1.29, 1.82) is 0 Å². The van der Waals surface area contributed by atoms with Crippen molar-refractivity contribution in [2.24, 2.45) is 28.6 Å². The van der Waals surface area contributed by atoms with Crippen molar-refractivity contribution < 1.29 is 46.8 Å². The monoisotopic (exact) mass is 622 g/mol. The highest BCUT2D eigenvalue weighted by atomic mass is 19.4. The average molecular weight is 623 g/mol. The molecule has 0 aromatic carbocycles. The van der Waals surface area contributed by atoms with Crippen molar-refractivity contribution in [3.05, 3.63) is 47.6 Å². The SMILES string of the molecule is C=C1/C(=C\C=C2/CCC[C@]3(C)[C@@H]([C@@](C)(C/C=C/C(O)(C(F)(F)F)C(F)(F)F)CCCC(C)C)CC[C@@H]23)C[C@@H](O)CC1(O)O. The van der Waals surface area contributed by atoms with E-state index in [1.807, 2.05) is 13.0 Å². The minimum atomic E-state index is -5.90.